The third kappa shape index (κ3) is 5.65. The van der Waals surface area contributed by atoms with Crippen molar-refractivity contribution in [3.8, 4) is 0 Å². The molecule has 2 aromatic rings. The highest BCUT2D eigenvalue weighted by molar-refractivity contribution is 8.01. The summed E-state index contributed by atoms with van der Waals surface area (Å²) in [7, 11) is 0. The number of hydrogen-bond donors (Lipinski definition) is 3. The van der Waals surface area contributed by atoms with Crippen LogP contribution in [0.2, 0.25) is 0 Å². The van der Waals surface area contributed by atoms with E-state index in [0.717, 1.165) is 0 Å². The molecule has 36 heavy (non-hydrogen) atoms. The number of aromatic nitrogens is 4. The number of thioether (sulfide) groups is 2. The van der Waals surface area contributed by atoms with Crippen LogP contribution in [0, 0.1) is 5.41 Å². The number of carboxylic acids is 1. The summed E-state index contributed by atoms with van der Waals surface area (Å²) in [5.41, 5.74) is 5.07. The Kier molecular flexibility index (Phi) is 7.57. The van der Waals surface area contributed by atoms with Crippen LogP contribution in [0.5, 0.6) is 0 Å². The summed E-state index contributed by atoms with van der Waals surface area (Å²) in [5, 5.41) is 22.5. The first-order valence-electron chi connectivity index (χ1n) is 9.71. The van der Waals surface area contributed by atoms with Crippen LogP contribution in [-0.2, 0) is 19.2 Å². The van der Waals surface area contributed by atoms with Gasteiger partial charge in [-0.25, -0.2) is 0 Å². The molecule has 0 saturated carbocycles. The van der Waals surface area contributed by atoms with E-state index in [-0.39, 0.29) is 29.0 Å². The Labute approximate surface area is 216 Å². The van der Waals surface area contributed by atoms with Gasteiger partial charge in [0.1, 0.15) is 22.3 Å². The van der Waals surface area contributed by atoms with Crippen LogP contribution in [0.3, 0.4) is 0 Å². The maximum absolute atomic E-state index is 12.8. The fourth-order valence-electron chi connectivity index (χ4n) is 3.23. The third-order valence-electron chi connectivity index (χ3n) is 4.95. The van der Waals surface area contributed by atoms with Gasteiger partial charge in [0, 0.05) is 29.6 Å². The highest BCUT2D eigenvalue weighted by atomic mass is 32.2. The molecular weight excluding hydrogens is 569 g/mol. The number of nitrogens with zero attached hydrogens (tertiary/aromatic N) is 6. The van der Waals surface area contributed by atoms with Crippen LogP contribution in [0.25, 0.3) is 0 Å². The molecule has 20 heteroatoms. The third-order valence-corrected chi connectivity index (χ3v) is 9.23. The number of halogens is 3. The maximum Gasteiger partial charge on any atom is 0.425 e. The number of oxime groups is 1. The predicted molar refractivity (Wildman–Crippen MR) is 123 cm³/mol. The summed E-state index contributed by atoms with van der Waals surface area (Å²) in [6, 6.07) is -1.06. The minimum atomic E-state index is -4.70. The lowest BCUT2D eigenvalue weighted by Crippen LogP contribution is -2.74. The van der Waals surface area contributed by atoms with Gasteiger partial charge in [-0.3, -0.25) is 14.4 Å². The van der Waals surface area contributed by atoms with Crippen molar-refractivity contribution in [1.82, 2.24) is 29.8 Å². The molecule has 0 aromatic carbocycles. The highest BCUT2D eigenvalue weighted by Gasteiger charge is 2.57. The molecule has 2 unspecified atom stereocenters. The summed E-state index contributed by atoms with van der Waals surface area (Å²) < 4.78 is 41.7. The van der Waals surface area contributed by atoms with Gasteiger partial charge in [-0.05, 0) is 0 Å². The molecule has 0 radical (unpaired) electrons. The Bertz CT molecular complexity index is 1180. The van der Waals surface area contributed by atoms with Crippen LogP contribution in [0.4, 0.5) is 18.3 Å². The van der Waals surface area contributed by atoms with Crippen molar-refractivity contribution in [2.45, 2.75) is 21.9 Å². The van der Waals surface area contributed by atoms with Crippen LogP contribution < -0.4 is 11.1 Å². The fourth-order valence-corrected chi connectivity index (χ4v) is 7.01. The molecule has 2 saturated heterocycles. The molecule has 3 atom stereocenters. The molecule has 2 fully saturated rings. The van der Waals surface area contributed by atoms with Crippen LogP contribution >= 0.6 is 46.4 Å². The Hall–Kier alpha value is -2.71. The van der Waals surface area contributed by atoms with E-state index in [1.807, 2.05) is 0 Å². The first kappa shape index (κ1) is 26.4. The zero-order valence-corrected chi connectivity index (χ0v) is 20.9. The number of aliphatic carboxylic acids is 1. The number of rotatable bonds is 9. The van der Waals surface area contributed by atoms with Gasteiger partial charge < -0.3 is 25.9 Å². The first-order chi connectivity index (χ1) is 17.0. The number of amides is 2. The average molecular weight is 585 g/mol. The largest absolute Gasteiger partial charge is 0.481 e. The van der Waals surface area contributed by atoms with E-state index in [0.29, 0.717) is 15.9 Å². The molecule has 194 valence electrons. The van der Waals surface area contributed by atoms with E-state index in [9.17, 15) is 32.7 Å². The molecule has 4 N–H and O–H groups in total. The quantitative estimate of drug-likeness (QED) is 0.161. The molecule has 0 spiro atoms. The zero-order valence-electron chi connectivity index (χ0n) is 17.7. The second-order valence-corrected chi connectivity index (χ2v) is 11.4. The predicted octanol–water partition coefficient (Wildman–Crippen LogP) is 0.518. The average Bonchev–Trinajstić information content (AvgIpc) is 3.49. The summed E-state index contributed by atoms with van der Waals surface area (Å²) in [4.78, 5) is 47.0. The Morgan fingerprint density at radius 3 is 2.83 bits per heavy atom. The van der Waals surface area contributed by atoms with Gasteiger partial charge in [-0.1, -0.05) is 28.3 Å². The molecule has 4 rings (SSSR count). The number of carbonyl (C=O) groups excluding carboxylic acids is 2. The van der Waals surface area contributed by atoms with Crippen molar-refractivity contribution in [2.75, 3.05) is 30.4 Å². The van der Waals surface area contributed by atoms with Crippen molar-refractivity contribution in [2.24, 2.45) is 10.6 Å². The number of β-lactam (4-membered cyclic amide) rings is 1. The molecule has 13 nitrogen and oxygen atoms in total. The van der Waals surface area contributed by atoms with Crippen molar-refractivity contribution in [3.05, 3.63) is 11.3 Å². The van der Waals surface area contributed by atoms with Crippen LogP contribution in [-0.4, -0.2) is 95.3 Å². The molecule has 0 bridgehead atoms. The van der Waals surface area contributed by atoms with Crippen LogP contribution in [0.15, 0.2) is 15.0 Å². The number of carbonyl (C=O) groups is 3. The Morgan fingerprint density at radius 1 is 1.44 bits per heavy atom. The highest BCUT2D eigenvalue weighted by Crippen LogP contribution is 2.44. The van der Waals surface area contributed by atoms with Gasteiger partial charge in [0.25, 0.3) is 5.91 Å². The molecular formula is C16H15F3N8O5S4. The van der Waals surface area contributed by atoms with Gasteiger partial charge in [0.15, 0.2) is 9.47 Å². The van der Waals surface area contributed by atoms with Crippen LogP contribution in [0.1, 0.15) is 5.82 Å². The van der Waals surface area contributed by atoms with Gasteiger partial charge in [-0.15, -0.1) is 22.0 Å². The zero-order chi connectivity index (χ0) is 26.1. The standard InChI is InChI=1S/C16H15F3N8O5S4/c17-16(18,19)2-32-25-6(8-23-13(20)36-26-8)9(28)22-7-10(29)27-1-15(12(30)31,3-33-11(7)27)4-34-14-24-21-5-35-14/h5,7,11H,1-4H2,(H,22,28)(H,30,31)(H2,20,23,26)/t7?,11-,15?/m1/s1. The van der Waals surface area contributed by atoms with Gasteiger partial charge in [0.05, 0.1) is 0 Å². The Balaban J connectivity index is 1.43. The monoisotopic (exact) mass is 584 g/mol. The second-order valence-electron chi connectivity index (χ2n) is 7.48. The van der Waals surface area contributed by atoms with E-state index in [1.165, 1.54) is 45.3 Å². The van der Waals surface area contributed by atoms with Crippen molar-refractivity contribution in [1.29, 1.82) is 0 Å². The topological polar surface area (TPSA) is 186 Å². The van der Waals surface area contributed by atoms with E-state index in [1.54, 1.807) is 0 Å². The van der Waals surface area contributed by atoms with Gasteiger partial charge >= 0.3 is 12.1 Å². The van der Waals surface area contributed by atoms with Crippen molar-refractivity contribution in [3.63, 3.8) is 0 Å². The SMILES string of the molecule is Nc1nc(C(=NOCC(F)(F)F)C(=O)NC2C(=O)N3CC(CSc4nncs4)(C(=O)O)CS[C@H]23)ns1. The number of fused-ring (bicyclic) bond motifs is 1. The Morgan fingerprint density at radius 2 is 2.22 bits per heavy atom. The first-order valence-corrected chi connectivity index (χ1v) is 13.4. The molecule has 4 heterocycles. The van der Waals surface area contributed by atoms with E-state index >= 15 is 0 Å². The summed E-state index contributed by atoms with van der Waals surface area (Å²) in [5.74, 6) is -2.73. The van der Waals surface area contributed by atoms with Crippen molar-refractivity contribution >= 4 is 75.0 Å². The minimum Gasteiger partial charge on any atom is -0.481 e. The van der Waals surface area contributed by atoms with Gasteiger partial charge in [0.2, 0.25) is 24.1 Å². The molecule has 2 amide bonds. The number of anilines is 1. The lowest BCUT2D eigenvalue weighted by molar-refractivity contribution is -0.174. The number of nitrogens with one attached hydrogen (secondary N) is 1. The number of hydrogen-bond acceptors (Lipinski definition) is 14. The smallest absolute Gasteiger partial charge is 0.425 e. The summed E-state index contributed by atoms with van der Waals surface area (Å²) in [6.45, 7) is -1.85. The number of carboxylic acid groups (broad SMARTS) is 1. The minimum absolute atomic E-state index is 0.0635. The summed E-state index contributed by atoms with van der Waals surface area (Å²) in [6.07, 6.45) is -4.70. The molecule has 0 aliphatic carbocycles. The lowest BCUT2D eigenvalue weighted by atomic mass is 9.89. The maximum atomic E-state index is 12.8. The number of nitrogens with two attached hydrogens (primary N) is 1. The van der Waals surface area contributed by atoms with Crippen molar-refractivity contribution < 1.29 is 37.5 Å². The van der Waals surface area contributed by atoms with E-state index in [2.05, 4.69) is 34.9 Å². The lowest BCUT2D eigenvalue weighted by Gasteiger charge is -2.53. The van der Waals surface area contributed by atoms with Gasteiger partial charge in [-0.2, -0.15) is 22.5 Å². The van der Waals surface area contributed by atoms with E-state index in [4.69, 9.17) is 5.73 Å². The second kappa shape index (κ2) is 10.3. The number of alkyl halides is 3. The molecule has 2 aromatic heterocycles. The number of nitrogen functional groups attached to an aromatic ring is 1. The normalized spacial score (nSPS) is 24.1. The van der Waals surface area contributed by atoms with E-state index < -0.39 is 53.1 Å². The molecule has 2 aliphatic heterocycles. The fraction of sp³-hybridized carbons (Fsp3) is 0.500. The molecule has 2 aliphatic rings. The summed E-state index contributed by atoms with van der Waals surface area (Å²) >= 11 is 4.34.